The number of imide groups is 1. The summed E-state index contributed by atoms with van der Waals surface area (Å²) in [6, 6.07) is 13.4. The molecule has 22 heavy (non-hydrogen) atoms. The molecule has 1 saturated heterocycles. The summed E-state index contributed by atoms with van der Waals surface area (Å²) in [5.41, 5.74) is -0.164. The molecule has 0 aromatic heterocycles. The molecule has 1 fully saturated rings. The van der Waals surface area contributed by atoms with Gasteiger partial charge in [0, 0.05) is 6.54 Å². The highest BCUT2D eigenvalue weighted by atomic mass is 16.2. The molecule has 0 spiro atoms. The first kappa shape index (κ1) is 14.6. The molecule has 114 valence electrons. The van der Waals surface area contributed by atoms with E-state index in [0.717, 1.165) is 16.3 Å². The highest BCUT2D eigenvalue weighted by Crippen LogP contribution is 2.34. The number of amides is 3. The van der Waals surface area contributed by atoms with Crippen molar-refractivity contribution in [1.82, 2.24) is 10.2 Å². The van der Waals surface area contributed by atoms with Gasteiger partial charge in [0.05, 0.1) is 0 Å². The summed E-state index contributed by atoms with van der Waals surface area (Å²) in [6.07, 6.45) is 0. The maximum atomic E-state index is 12.9. The second-order valence-corrected chi connectivity index (χ2v) is 6.39. The van der Waals surface area contributed by atoms with Gasteiger partial charge in [-0.25, -0.2) is 4.79 Å². The Labute approximate surface area is 130 Å². The Bertz CT molecular complexity index is 748. The van der Waals surface area contributed by atoms with E-state index in [1.807, 2.05) is 56.3 Å². The number of hydrogen-bond acceptors (Lipinski definition) is 2. The van der Waals surface area contributed by atoms with Crippen LogP contribution >= 0.6 is 0 Å². The van der Waals surface area contributed by atoms with Gasteiger partial charge < -0.3 is 5.32 Å². The summed E-state index contributed by atoms with van der Waals surface area (Å²) in [4.78, 5) is 26.4. The predicted molar refractivity (Wildman–Crippen MR) is 86.4 cm³/mol. The molecule has 1 N–H and O–H groups in total. The lowest BCUT2D eigenvalue weighted by molar-refractivity contribution is -0.131. The summed E-state index contributed by atoms with van der Waals surface area (Å²) in [6.45, 7) is 6.21. The monoisotopic (exact) mass is 296 g/mol. The second-order valence-electron chi connectivity index (χ2n) is 6.39. The van der Waals surface area contributed by atoms with E-state index < -0.39 is 5.54 Å². The summed E-state index contributed by atoms with van der Waals surface area (Å²) in [5, 5.41) is 4.94. The van der Waals surface area contributed by atoms with Gasteiger partial charge in [0.1, 0.15) is 5.54 Å². The first-order valence-corrected chi connectivity index (χ1v) is 7.56. The first-order chi connectivity index (χ1) is 10.4. The Morgan fingerprint density at radius 1 is 1.09 bits per heavy atom. The zero-order chi connectivity index (χ0) is 15.9. The van der Waals surface area contributed by atoms with Gasteiger partial charge in [0.15, 0.2) is 0 Å². The minimum Gasteiger partial charge on any atom is -0.319 e. The molecule has 3 rings (SSSR count). The van der Waals surface area contributed by atoms with Crippen LogP contribution in [-0.4, -0.2) is 23.4 Å². The van der Waals surface area contributed by atoms with Crippen LogP contribution in [0.1, 0.15) is 26.3 Å². The number of carbonyl (C=O) groups excluding carboxylic acids is 2. The molecule has 4 nitrogen and oxygen atoms in total. The van der Waals surface area contributed by atoms with Crippen LogP contribution in [0.4, 0.5) is 4.79 Å². The van der Waals surface area contributed by atoms with E-state index in [9.17, 15) is 9.59 Å². The molecule has 1 unspecified atom stereocenters. The average molecular weight is 296 g/mol. The number of fused-ring (bicyclic) bond motifs is 1. The highest BCUT2D eigenvalue weighted by Gasteiger charge is 2.49. The molecule has 4 heteroatoms. The summed E-state index contributed by atoms with van der Waals surface area (Å²) >= 11 is 0. The smallest absolute Gasteiger partial charge is 0.319 e. The molecule has 1 atom stereocenters. The van der Waals surface area contributed by atoms with Crippen molar-refractivity contribution in [2.45, 2.75) is 26.3 Å². The quantitative estimate of drug-likeness (QED) is 0.884. The van der Waals surface area contributed by atoms with Gasteiger partial charge in [-0.15, -0.1) is 0 Å². The number of rotatable bonds is 3. The Morgan fingerprint density at radius 3 is 2.50 bits per heavy atom. The molecule has 0 bridgehead atoms. The van der Waals surface area contributed by atoms with Crippen LogP contribution < -0.4 is 5.32 Å². The van der Waals surface area contributed by atoms with Crippen molar-refractivity contribution in [2.24, 2.45) is 5.92 Å². The second kappa shape index (κ2) is 5.13. The fourth-order valence-electron chi connectivity index (χ4n) is 3.07. The minimum absolute atomic E-state index is 0.178. The van der Waals surface area contributed by atoms with Gasteiger partial charge in [-0.1, -0.05) is 56.3 Å². The summed E-state index contributed by atoms with van der Waals surface area (Å²) in [5.74, 6) is 0.0621. The molecule has 2 aromatic carbocycles. The molecule has 0 aliphatic carbocycles. The van der Waals surface area contributed by atoms with Crippen molar-refractivity contribution in [1.29, 1.82) is 0 Å². The molecular weight excluding hydrogens is 276 g/mol. The van der Waals surface area contributed by atoms with Crippen LogP contribution in [0.15, 0.2) is 42.5 Å². The molecule has 1 heterocycles. The van der Waals surface area contributed by atoms with Gasteiger partial charge in [-0.3, -0.25) is 9.69 Å². The van der Waals surface area contributed by atoms with Crippen molar-refractivity contribution in [3.63, 3.8) is 0 Å². The van der Waals surface area contributed by atoms with E-state index in [1.165, 1.54) is 4.90 Å². The summed E-state index contributed by atoms with van der Waals surface area (Å²) in [7, 11) is 0. The molecular formula is C18H20N2O2. The molecule has 3 amide bonds. The van der Waals surface area contributed by atoms with E-state index in [0.29, 0.717) is 6.54 Å². The maximum Gasteiger partial charge on any atom is 0.325 e. The van der Waals surface area contributed by atoms with Crippen LogP contribution in [0.2, 0.25) is 0 Å². The van der Waals surface area contributed by atoms with Crippen molar-refractivity contribution >= 4 is 22.7 Å². The Kier molecular flexibility index (Phi) is 3.39. The zero-order valence-corrected chi connectivity index (χ0v) is 13.1. The molecule has 1 aliphatic rings. The normalized spacial score (nSPS) is 21.7. The summed E-state index contributed by atoms with van der Waals surface area (Å²) < 4.78 is 0. The van der Waals surface area contributed by atoms with E-state index in [4.69, 9.17) is 0 Å². The molecule has 1 aliphatic heterocycles. The highest BCUT2D eigenvalue weighted by molar-refractivity contribution is 6.09. The topological polar surface area (TPSA) is 49.4 Å². The number of nitrogens with zero attached hydrogens (tertiary/aromatic N) is 1. The largest absolute Gasteiger partial charge is 0.325 e. The SMILES string of the molecule is CC(C)CN1C(=O)NC(C)(c2cccc3ccccc23)C1=O. The third-order valence-electron chi connectivity index (χ3n) is 4.15. The average Bonchev–Trinajstić information content (AvgIpc) is 2.70. The van der Waals surface area contributed by atoms with E-state index in [2.05, 4.69) is 5.32 Å². The fourth-order valence-corrected chi connectivity index (χ4v) is 3.07. The van der Waals surface area contributed by atoms with Crippen molar-refractivity contribution in [3.05, 3.63) is 48.0 Å². The van der Waals surface area contributed by atoms with Gasteiger partial charge in [0.25, 0.3) is 5.91 Å². The van der Waals surface area contributed by atoms with E-state index in [1.54, 1.807) is 6.92 Å². The number of hydrogen-bond donors (Lipinski definition) is 1. The predicted octanol–water partition coefficient (Wildman–Crippen LogP) is 3.26. The van der Waals surface area contributed by atoms with Crippen molar-refractivity contribution < 1.29 is 9.59 Å². The Hall–Kier alpha value is -2.36. The molecule has 2 aromatic rings. The van der Waals surface area contributed by atoms with Crippen LogP contribution in [0.25, 0.3) is 10.8 Å². The first-order valence-electron chi connectivity index (χ1n) is 7.56. The van der Waals surface area contributed by atoms with Gasteiger partial charge >= 0.3 is 6.03 Å². The molecule has 0 radical (unpaired) electrons. The number of benzene rings is 2. The lowest BCUT2D eigenvalue weighted by atomic mass is 9.87. The van der Waals surface area contributed by atoms with Crippen LogP contribution in [-0.2, 0) is 10.3 Å². The lowest BCUT2D eigenvalue weighted by Crippen LogP contribution is -2.41. The van der Waals surface area contributed by atoms with Gasteiger partial charge in [-0.2, -0.15) is 0 Å². The third-order valence-corrected chi connectivity index (χ3v) is 4.15. The van der Waals surface area contributed by atoms with Gasteiger partial charge in [0.2, 0.25) is 0 Å². The van der Waals surface area contributed by atoms with Gasteiger partial charge in [-0.05, 0) is 29.2 Å². The fraction of sp³-hybridized carbons (Fsp3) is 0.333. The number of nitrogens with one attached hydrogen (secondary N) is 1. The number of urea groups is 1. The Morgan fingerprint density at radius 2 is 1.77 bits per heavy atom. The van der Waals surface area contributed by atoms with Crippen molar-refractivity contribution in [3.8, 4) is 0 Å². The standard InChI is InChI=1S/C18H20N2O2/c1-12(2)11-20-16(21)18(3,19-17(20)22)15-10-6-8-13-7-4-5-9-14(13)15/h4-10,12H,11H2,1-3H3,(H,19,22). The lowest BCUT2D eigenvalue weighted by Gasteiger charge is -2.24. The Balaban J connectivity index is 2.10. The maximum absolute atomic E-state index is 12.9. The van der Waals surface area contributed by atoms with E-state index in [-0.39, 0.29) is 17.9 Å². The van der Waals surface area contributed by atoms with Crippen LogP contribution in [0.5, 0.6) is 0 Å². The zero-order valence-electron chi connectivity index (χ0n) is 13.1. The van der Waals surface area contributed by atoms with E-state index >= 15 is 0 Å². The minimum atomic E-state index is -1.01. The molecule has 0 saturated carbocycles. The number of carbonyl (C=O) groups is 2. The van der Waals surface area contributed by atoms with Crippen LogP contribution in [0.3, 0.4) is 0 Å². The third kappa shape index (κ3) is 2.15. The van der Waals surface area contributed by atoms with Crippen molar-refractivity contribution in [2.75, 3.05) is 6.54 Å². The van der Waals surface area contributed by atoms with Crippen LogP contribution in [0, 0.1) is 5.92 Å².